The van der Waals surface area contributed by atoms with Crippen LogP contribution in [0.5, 0.6) is 11.5 Å². The molecule has 2 aliphatic rings. The van der Waals surface area contributed by atoms with E-state index in [1.54, 1.807) is 77.9 Å². The van der Waals surface area contributed by atoms with Gasteiger partial charge in [-0.25, -0.2) is 4.79 Å². The van der Waals surface area contributed by atoms with E-state index in [2.05, 4.69) is 0 Å². The van der Waals surface area contributed by atoms with Crippen LogP contribution >= 0.6 is 0 Å². The minimum absolute atomic E-state index is 0.0593. The number of rotatable bonds is 5. The summed E-state index contributed by atoms with van der Waals surface area (Å²) in [6.07, 6.45) is 8.38. The highest BCUT2D eigenvalue weighted by molar-refractivity contribution is 7.91. The van der Waals surface area contributed by atoms with Gasteiger partial charge >= 0.3 is 16.1 Å². The van der Waals surface area contributed by atoms with Crippen LogP contribution in [0.1, 0.15) is 0 Å². The number of nitrogens with zero attached hydrogens (tertiary/aromatic N) is 1. The molecule has 0 bridgehead atoms. The van der Waals surface area contributed by atoms with Crippen LogP contribution in [0.3, 0.4) is 0 Å². The summed E-state index contributed by atoms with van der Waals surface area (Å²) in [4.78, 5) is 14.3. The van der Waals surface area contributed by atoms with E-state index in [0.717, 1.165) is 0 Å². The Morgan fingerprint density at radius 3 is 2.24 bits per heavy atom. The summed E-state index contributed by atoms with van der Waals surface area (Å²) >= 11 is 0. The molecule has 0 N–H and O–H groups in total. The maximum atomic E-state index is 13.2. The average Bonchev–Trinajstić information content (AvgIpc) is 2.74. The van der Waals surface area contributed by atoms with E-state index < -0.39 is 16.1 Å². The lowest BCUT2D eigenvalue weighted by molar-refractivity contribution is -0.129. The number of fused-ring (bicyclic) bond motifs is 1. The topological polar surface area (TPSA) is 72.9 Å². The molecule has 0 atom stereocenters. The third-order valence-electron chi connectivity index (χ3n) is 4.28. The molecular formula is C22H17NO5S. The smallest absolute Gasteiger partial charge is 0.344 e. The minimum atomic E-state index is -4.31. The molecule has 6 nitrogen and oxygen atoms in total. The van der Waals surface area contributed by atoms with Crippen LogP contribution in [0.4, 0.5) is 0 Å². The second kappa shape index (κ2) is 7.81. The van der Waals surface area contributed by atoms with E-state index in [4.69, 9.17) is 8.92 Å². The molecule has 0 amide bonds. The summed E-state index contributed by atoms with van der Waals surface area (Å²) in [5.41, 5.74) is 0.293. The van der Waals surface area contributed by atoms with Gasteiger partial charge < -0.3 is 13.8 Å². The van der Waals surface area contributed by atoms with Crippen LogP contribution in [0.25, 0.3) is 0 Å². The quantitative estimate of drug-likeness (QED) is 0.429. The summed E-state index contributed by atoms with van der Waals surface area (Å²) in [6, 6.07) is 16.6. The van der Waals surface area contributed by atoms with Gasteiger partial charge in [0.05, 0.1) is 11.3 Å². The zero-order valence-corrected chi connectivity index (χ0v) is 16.1. The van der Waals surface area contributed by atoms with Gasteiger partial charge in [0.2, 0.25) is 0 Å². The van der Waals surface area contributed by atoms with Gasteiger partial charge in [-0.2, -0.15) is 8.42 Å². The Balaban J connectivity index is 1.74. The Bertz CT molecular complexity index is 1150. The average molecular weight is 407 g/mol. The highest BCUT2D eigenvalue weighted by atomic mass is 32.2. The number of allylic oxidation sites excluding steroid dienone is 3. The number of carbonyl (C=O) groups is 1. The minimum Gasteiger partial charge on any atom is -0.423 e. The number of hydrogen-bond donors (Lipinski definition) is 0. The number of benzene rings is 2. The zero-order valence-electron chi connectivity index (χ0n) is 15.3. The molecule has 0 aromatic heterocycles. The number of esters is 1. The Hall–Kier alpha value is -3.58. The number of ether oxygens (including phenoxy) is 1. The van der Waals surface area contributed by atoms with Crippen LogP contribution in [0.15, 0.2) is 107 Å². The van der Waals surface area contributed by atoms with Gasteiger partial charge in [0.15, 0.2) is 0 Å². The molecule has 0 spiro atoms. The standard InChI is InChI=1S/C22H17NO5S/c24-22(27-17-9-3-1-4-10-17)19-14-16-23-15-8-7-13-20(23)21(19)29(25,26)28-18-11-5-2-6-12-18/h1-15H,16H2. The van der Waals surface area contributed by atoms with Crippen molar-refractivity contribution in [1.29, 1.82) is 0 Å². The van der Waals surface area contributed by atoms with Gasteiger partial charge in [0.25, 0.3) is 0 Å². The van der Waals surface area contributed by atoms with Crippen LogP contribution in [0.2, 0.25) is 0 Å². The van der Waals surface area contributed by atoms with Gasteiger partial charge in [-0.05, 0) is 42.5 Å². The first-order chi connectivity index (χ1) is 14.0. The zero-order chi connectivity index (χ0) is 20.3. The van der Waals surface area contributed by atoms with E-state index >= 15 is 0 Å². The Labute approximate surface area is 168 Å². The fraction of sp³-hybridized carbons (Fsp3) is 0.0455. The summed E-state index contributed by atoms with van der Waals surface area (Å²) in [7, 11) is -4.31. The summed E-state index contributed by atoms with van der Waals surface area (Å²) in [5, 5.41) is 0. The Kier molecular flexibility index (Phi) is 5.05. The molecular weight excluding hydrogens is 390 g/mol. The molecule has 146 valence electrons. The van der Waals surface area contributed by atoms with E-state index in [9.17, 15) is 13.2 Å². The van der Waals surface area contributed by atoms with Crippen molar-refractivity contribution in [3.63, 3.8) is 0 Å². The van der Waals surface area contributed by atoms with E-state index in [0.29, 0.717) is 18.0 Å². The maximum absolute atomic E-state index is 13.2. The molecule has 2 aromatic carbocycles. The van der Waals surface area contributed by atoms with Gasteiger partial charge in [-0.1, -0.05) is 42.5 Å². The van der Waals surface area contributed by atoms with Crippen molar-refractivity contribution in [3.05, 3.63) is 107 Å². The molecule has 7 heteroatoms. The van der Waals surface area contributed by atoms with Crippen molar-refractivity contribution in [1.82, 2.24) is 4.90 Å². The van der Waals surface area contributed by atoms with Gasteiger partial charge in [-0.15, -0.1) is 0 Å². The van der Waals surface area contributed by atoms with Crippen LogP contribution in [0, 0.1) is 0 Å². The first-order valence-corrected chi connectivity index (χ1v) is 10.3. The molecule has 2 heterocycles. The van der Waals surface area contributed by atoms with E-state index in [1.165, 1.54) is 18.2 Å². The van der Waals surface area contributed by atoms with Crippen LogP contribution in [-0.4, -0.2) is 25.8 Å². The molecule has 29 heavy (non-hydrogen) atoms. The molecule has 2 aromatic rings. The number of hydrogen-bond acceptors (Lipinski definition) is 6. The highest BCUT2D eigenvalue weighted by Gasteiger charge is 2.36. The van der Waals surface area contributed by atoms with E-state index in [-0.39, 0.29) is 16.2 Å². The molecule has 0 fully saturated rings. The van der Waals surface area contributed by atoms with Crippen molar-refractivity contribution >= 4 is 16.1 Å². The van der Waals surface area contributed by atoms with Gasteiger partial charge in [0.1, 0.15) is 16.4 Å². The highest BCUT2D eigenvalue weighted by Crippen LogP contribution is 2.33. The van der Waals surface area contributed by atoms with Crippen LogP contribution < -0.4 is 8.92 Å². The van der Waals surface area contributed by atoms with Crippen molar-refractivity contribution in [2.24, 2.45) is 0 Å². The SMILES string of the molecule is O=C(Oc1ccccc1)C1=CCN2C=CC=CC2=C1S(=O)(=O)Oc1ccccc1. The van der Waals surface area contributed by atoms with Gasteiger partial charge in [0, 0.05) is 12.7 Å². The predicted octanol–water partition coefficient (Wildman–Crippen LogP) is 3.54. The lowest BCUT2D eigenvalue weighted by Crippen LogP contribution is -2.31. The third-order valence-corrected chi connectivity index (χ3v) is 5.62. The summed E-state index contributed by atoms with van der Waals surface area (Å²) in [6.45, 7) is 0.333. The number of para-hydroxylation sites is 2. The normalized spacial score (nSPS) is 15.6. The molecule has 2 aliphatic heterocycles. The van der Waals surface area contributed by atoms with Crippen molar-refractivity contribution < 1.29 is 22.1 Å². The third kappa shape index (κ3) is 4.00. The molecule has 0 radical (unpaired) electrons. The monoisotopic (exact) mass is 407 g/mol. The summed E-state index contributed by atoms with van der Waals surface area (Å²) in [5.74, 6) is -0.281. The fourth-order valence-corrected chi connectivity index (χ4v) is 4.32. The van der Waals surface area contributed by atoms with Crippen molar-refractivity contribution in [2.45, 2.75) is 0 Å². The first kappa shape index (κ1) is 18.8. The van der Waals surface area contributed by atoms with Crippen molar-refractivity contribution in [2.75, 3.05) is 6.54 Å². The molecule has 0 saturated heterocycles. The lowest BCUT2D eigenvalue weighted by Gasteiger charge is -2.29. The maximum Gasteiger partial charge on any atom is 0.344 e. The first-order valence-electron chi connectivity index (χ1n) is 8.88. The largest absolute Gasteiger partial charge is 0.423 e. The fourth-order valence-electron chi connectivity index (χ4n) is 3.00. The Morgan fingerprint density at radius 1 is 0.897 bits per heavy atom. The second-order valence-electron chi connectivity index (χ2n) is 6.24. The van der Waals surface area contributed by atoms with E-state index in [1.807, 2.05) is 0 Å². The molecule has 0 aliphatic carbocycles. The molecule has 4 rings (SSSR count). The van der Waals surface area contributed by atoms with Crippen LogP contribution in [-0.2, 0) is 14.9 Å². The number of carbonyl (C=O) groups excluding carboxylic acids is 1. The van der Waals surface area contributed by atoms with Crippen molar-refractivity contribution in [3.8, 4) is 11.5 Å². The molecule has 0 saturated carbocycles. The Morgan fingerprint density at radius 2 is 1.55 bits per heavy atom. The predicted molar refractivity (Wildman–Crippen MR) is 108 cm³/mol. The lowest BCUT2D eigenvalue weighted by atomic mass is 10.1. The molecule has 0 unspecified atom stereocenters. The second-order valence-corrected chi connectivity index (χ2v) is 7.72. The van der Waals surface area contributed by atoms with Gasteiger partial charge in [-0.3, -0.25) is 0 Å². The summed E-state index contributed by atoms with van der Waals surface area (Å²) < 4.78 is 37.0.